The number of Topliss-reactive ketones (excluding diaryl/α,β-unsaturated/α-hetero) is 1. The summed E-state index contributed by atoms with van der Waals surface area (Å²) in [4.78, 5) is 52.3. The van der Waals surface area contributed by atoms with Gasteiger partial charge in [-0.1, -0.05) is 65.1 Å². The normalized spacial score (nSPS) is 15.2. The number of nitrogens with zero attached hydrogens (tertiary/aromatic N) is 1. The highest BCUT2D eigenvalue weighted by atomic mass is 35.5. The topological polar surface area (TPSA) is 80.8 Å². The van der Waals surface area contributed by atoms with Crippen molar-refractivity contribution in [1.29, 1.82) is 0 Å². The Labute approximate surface area is 216 Å². The summed E-state index contributed by atoms with van der Waals surface area (Å²) in [5.41, 5.74) is 1.22. The number of benzene rings is 3. The van der Waals surface area contributed by atoms with Crippen LogP contribution in [0.4, 0.5) is 5.69 Å². The predicted molar refractivity (Wildman–Crippen MR) is 134 cm³/mol. The van der Waals surface area contributed by atoms with E-state index in [0.717, 1.165) is 0 Å². The summed E-state index contributed by atoms with van der Waals surface area (Å²) in [5, 5.41) is 0.870. The van der Waals surface area contributed by atoms with Crippen molar-refractivity contribution in [2.45, 2.75) is 6.42 Å². The Hall–Kier alpha value is -3.19. The SMILES string of the molecule is O=C(COC(=O)[C@@H]1CC(=O)N(c2ccc(Cl)cc2C(=O)c2ccccc2)C1)c1ccc(Cl)cc1Cl. The Balaban J connectivity index is 1.48. The van der Waals surface area contributed by atoms with Gasteiger partial charge in [0.2, 0.25) is 11.7 Å². The number of carbonyl (C=O) groups is 4. The van der Waals surface area contributed by atoms with Crippen LogP contribution in [0, 0.1) is 5.92 Å². The van der Waals surface area contributed by atoms with Crippen molar-refractivity contribution in [2.24, 2.45) is 5.92 Å². The molecule has 178 valence electrons. The molecule has 6 nitrogen and oxygen atoms in total. The van der Waals surface area contributed by atoms with Gasteiger partial charge in [-0.2, -0.15) is 0 Å². The zero-order valence-corrected chi connectivity index (χ0v) is 20.4. The van der Waals surface area contributed by atoms with Crippen molar-refractivity contribution in [3.63, 3.8) is 0 Å². The molecule has 0 N–H and O–H groups in total. The van der Waals surface area contributed by atoms with E-state index >= 15 is 0 Å². The average molecular weight is 531 g/mol. The molecule has 0 bridgehead atoms. The van der Waals surface area contributed by atoms with Gasteiger partial charge in [0.15, 0.2) is 12.4 Å². The second-order valence-electron chi connectivity index (χ2n) is 7.92. The van der Waals surface area contributed by atoms with Gasteiger partial charge >= 0.3 is 5.97 Å². The summed E-state index contributed by atoms with van der Waals surface area (Å²) in [6.45, 7) is -0.520. The number of hydrogen-bond acceptors (Lipinski definition) is 5. The maximum absolute atomic E-state index is 13.1. The van der Waals surface area contributed by atoms with Crippen molar-refractivity contribution in [1.82, 2.24) is 0 Å². The molecule has 0 saturated carbocycles. The molecule has 0 radical (unpaired) electrons. The van der Waals surface area contributed by atoms with Crippen LogP contribution in [0.15, 0.2) is 66.7 Å². The lowest BCUT2D eigenvalue weighted by Gasteiger charge is -2.20. The molecule has 1 aliphatic heterocycles. The van der Waals surface area contributed by atoms with Gasteiger partial charge in [-0.05, 0) is 36.4 Å². The minimum atomic E-state index is -0.800. The Kier molecular flexibility index (Phi) is 7.55. The molecule has 0 unspecified atom stereocenters. The maximum atomic E-state index is 13.1. The number of anilines is 1. The molecule has 0 spiro atoms. The highest BCUT2D eigenvalue weighted by Gasteiger charge is 2.38. The average Bonchev–Trinajstić information content (AvgIpc) is 3.23. The van der Waals surface area contributed by atoms with Gasteiger partial charge in [0.1, 0.15) is 0 Å². The number of carbonyl (C=O) groups excluding carboxylic acids is 4. The number of amides is 1. The summed E-state index contributed by atoms with van der Waals surface area (Å²) in [6, 6.07) is 17.7. The summed E-state index contributed by atoms with van der Waals surface area (Å²) in [5.74, 6) is -2.62. The number of ether oxygens (including phenoxy) is 1. The van der Waals surface area contributed by atoms with Crippen LogP contribution in [0.1, 0.15) is 32.7 Å². The monoisotopic (exact) mass is 529 g/mol. The van der Waals surface area contributed by atoms with Gasteiger partial charge in [-0.3, -0.25) is 19.2 Å². The largest absolute Gasteiger partial charge is 0.457 e. The van der Waals surface area contributed by atoms with E-state index < -0.39 is 24.3 Å². The fraction of sp³-hybridized carbons (Fsp3) is 0.154. The molecule has 1 amide bonds. The quantitative estimate of drug-likeness (QED) is 0.291. The van der Waals surface area contributed by atoms with Crippen LogP contribution in [0.3, 0.4) is 0 Å². The molecular weight excluding hydrogens is 513 g/mol. The molecule has 1 atom stereocenters. The molecule has 3 aromatic carbocycles. The second-order valence-corrected chi connectivity index (χ2v) is 9.20. The van der Waals surface area contributed by atoms with Crippen LogP contribution in [-0.2, 0) is 14.3 Å². The summed E-state index contributed by atoms with van der Waals surface area (Å²) < 4.78 is 5.18. The van der Waals surface area contributed by atoms with E-state index in [0.29, 0.717) is 21.3 Å². The van der Waals surface area contributed by atoms with E-state index in [9.17, 15) is 19.2 Å². The second kappa shape index (κ2) is 10.6. The summed E-state index contributed by atoms with van der Waals surface area (Å²) >= 11 is 18.0. The lowest BCUT2D eigenvalue weighted by Crippen LogP contribution is -2.28. The first kappa shape index (κ1) is 24.9. The number of halogens is 3. The molecule has 4 rings (SSSR count). The number of ketones is 2. The molecule has 3 aromatic rings. The van der Waals surface area contributed by atoms with E-state index in [1.807, 2.05) is 0 Å². The minimum Gasteiger partial charge on any atom is -0.457 e. The van der Waals surface area contributed by atoms with Crippen molar-refractivity contribution in [2.75, 3.05) is 18.1 Å². The van der Waals surface area contributed by atoms with Crippen molar-refractivity contribution < 1.29 is 23.9 Å². The van der Waals surface area contributed by atoms with E-state index in [4.69, 9.17) is 39.5 Å². The smallest absolute Gasteiger partial charge is 0.311 e. The zero-order chi connectivity index (χ0) is 25.1. The summed E-state index contributed by atoms with van der Waals surface area (Å²) in [6.07, 6.45) is -0.115. The van der Waals surface area contributed by atoms with Crippen molar-refractivity contribution >= 4 is 63.9 Å². The predicted octanol–water partition coefficient (Wildman–Crippen LogP) is 5.66. The Bertz CT molecular complexity index is 1330. The third-order valence-corrected chi connectivity index (χ3v) is 6.35. The van der Waals surface area contributed by atoms with E-state index in [1.54, 1.807) is 42.5 Å². The molecule has 1 heterocycles. The maximum Gasteiger partial charge on any atom is 0.311 e. The van der Waals surface area contributed by atoms with Crippen LogP contribution in [0.5, 0.6) is 0 Å². The molecule has 1 aliphatic rings. The molecule has 0 aromatic heterocycles. The van der Waals surface area contributed by atoms with Crippen LogP contribution >= 0.6 is 34.8 Å². The van der Waals surface area contributed by atoms with E-state index in [1.165, 1.54) is 29.2 Å². The third kappa shape index (κ3) is 5.56. The van der Waals surface area contributed by atoms with Crippen LogP contribution in [0.25, 0.3) is 0 Å². The number of hydrogen-bond donors (Lipinski definition) is 0. The van der Waals surface area contributed by atoms with Gasteiger partial charge < -0.3 is 9.64 Å². The molecule has 1 saturated heterocycles. The first-order valence-corrected chi connectivity index (χ1v) is 11.7. The third-order valence-electron chi connectivity index (χ3n) is 5.57. The number of esters is 1. The first-order chi connectivity index (χ1) is 16.7. The van der Waals surface area contributed by atoms with Crippen LogP contribution in [0.2, 0.25) is 15.1 Å². The summed E-state index contributed by atoms with van der Waals surface area (Å²) in [7, 11) is 0. The van der Waals surface area contributed by atoms with Crippen LogP contribution < -0.4 is 4.90 Å². The molecular formula is C26H18Cl3NO5. The zero-order valence-electron chi connectivity index (χ0n) is 18.2. The fourth-order valence-electron chi connectivity index (χ4n) is 3.82. The lowest BCUT2D eigenvalue weighted by molar-refractivity contribution is -0.147. The number of rotatable bonds is 7. The van der Waals surface area contributed by atoms with Gasteiger partial charge in [0.05, 0.1) is 16.6 Å². The van der Waals surface area contributed by atoms with Gasteiger partial charge in [0, 0.05) is 39.7 Å². The molecule has 9 heteroatoms. The highest BCUT2D eigenvalue weighted by Crippen LogP contribution is 2.32. The van der Waals surface area contributed by atoms with Gasteiger partial charge in [-0.15, -0.1) is 0 Å². The Morgan fingerprint density at radius 3 is 2.29 bits per heavy atom. The molecule has 1 fully saturated rings. The molecule has 0 aliphatic carbocycles. The standard InChI is InChI=1S/C26H18Cl3NO5/c27-17-7-9-22(20(11-17)25(33)15-4-2-1-3-5-15)30-13-16(10-24(30)32)26(34)35-14-23(31)19-8-6-18(28)12-21(19)29/h1-9,11-12,16H,10,13-14H2/t16-/m1/s1. The molecule has 35 heavy (non-hydrogen) atoms. The van der Waals surface area contributed by atoms with Crippen molar-refractivity contribution in [3.8, 4) is 0 Å². The van der Waals surface area contributed by atoms with Gasteiger partial charge in [-0.25, -0.2) is 0 Å². The Morgan fingerprint density at radius 2 is 1.57 bits per heavy atom. The van der Waals surface area contributed by atoms with E-state index in [-0.39, 0.29) is 40.8 Å². The van der Waals surface area contributed by atoms with Gasteiger partial charge in [0.25, 0.3) is 0 Å². The fourth-order valence-corrected chi connectivity index (χ4v) is 4.50. The highest BCUT2D eigenvalue weighted by molar-refractivity contribution is 6.37. The van der Waals surface area contributed by atoms with Crippen molar-refractivity contribution in [3.05, 3.63) is 98.5 Å². The lowest BCUT2D eigenvalue weighted by atomic mass is 10.0. The minimum absolute atomic E-state index is 0.00423. The van der Waals surface area contributed by atoms with Crippen LogP contribution in [-0.4, -0.2) is 36.6 Å². The first-order valence-electron chi connectivity index (χ1n) is 10.6. The van der Waals surface area contributed by atoms with E-state index in [2.05, 4.69) is 0 Å². The Morgan fingerprint density at radius 1 is 0.886 bits per heavy atom.